The molecule has 0 saturated carbocycles. The van der Waals surface area contributed by atoms with Gasteiger partial charge < -0.3 is 4.52 Å². The smallest absolute Gasteiger partial charge is 0.329 e. The molecule has 0 amide bonds. The Bertz CT molecular complexity index is 488. The molecule has 0 fully saturated rings. The fraction of sp³-hybridized carbons (Fsp3) is 0.200. The number of hydrogen-bond donors (Lipinski definition) is 0. The lowest BCUT2D eigenvalue weighted by molar-refractivity contribution is -0.159. The maximum atomic E-state index is 12.2. The minimum atomic E-state index is -4.60. The largest absolute Gasteiger partial charge is 0.471 e. The molecule has 0 bridgehead atoms. The van der Waals surface area contributed by atoms with Crippen LogP contribution in [0.25, 0.3) is 11.4 Å². The highest BCUT2D eigenvalue weighted by molar-refractivity contribution is 5.54. The van der Waals surface area contributed by atoms with Crippen LogP contribution in [-0.2, 0) is 6.18 Å². The highest BCUT2D eigenvalue weighted by Gasteiger charge is 2.38. The van der Waals surface area contributed by atoms with Gasteiger partial charge in [0.15, 0.2) is 0 Å². The van der Waals surface area contributed by atoms with E-state index in [9.17, 15) is 13.2 Å². The molecule has 2 rings (SSSR count). The summed E-state index contributed by atoms with van der Waals surface area (Å²) in [7, 11) is 0. The van der Waals surface area contributed by atoms with Crippen molar-refractivity contribution in [2.45, 2.75) is 13.1 Å². The van der Waals surface area contributed by atoms with Crippen molar-refractivity contribution in [3.05, 3.63) is 35.7 Å². The van der Waals surface area contributed by atoms with E-state index in [1.807, 2.05) is 6.92 Å². The molecule has 16 heavy (non-hydrogen) atoms. The zero-order valence-corrected chi connectivity index (χ0v) is 8.25. The second-order valence-corrected chi connectivity index (χ2v) is 3.29. The van der Waals surface area contributed by atoms with Crippen LogP contribution < -0.4 is 0 Å². The van der Waals surface area contributed by atoms with Gasteiger partial charge in [-0.1, -0.05) is 35.0 Å². The summed E-state index contributed by atoms with van der Waals surface area (Å²) in [5.74, 6) is -1.39. The first-order valence-corrected chi connectivity index (χ1v) is 4.45. The zero-order chi connectivity index (χ0) is 11.8. The summed E-state index contributed by atoms with van der Waals surface area (Å²) in [6.45, 7) is 1.88. The van der Waals surface area contributed by atoms with Gasteiger partial charge in [0.1, 0.15) is 0 Å². The summed E-state index contributed by atoms with van der Waals surface area (Å²) in [5, 5.41) is 3.28. The molecule has 0 aliphatic rings. The van der Waals surface area contributed by atoms with Crippen LogP contribution in [0.15, 0.2) is 28.8 Å². The van der Waals surface area contributed by atoms with E-state index in [0.717, 1.165) is 5.56 Å². The number of rotatable bonds is 1. The molecule has 0 aliphatic heterocycles. The summed E-state index contributed by atoms with van der Waals surface area (Å²) in [5.41, 5.74) is 1.49. The molecule has 1 aromatic carbocycles. The Morgan fingerprint density at radius 2 is 1.75 bits per heavy atom. The number of halogens is 3. The molecule has 0 N–H and O–H groups in total. The monoisotopic (exact) mass is 228 g/mol. The number of nitrogens with zero attached hydrogens (tertiary/aromatic N) is 2. The molecular weight excluding hydrogens is 221 g/mol. The number of benzene rings is 1. The second kappa shape index (κ2) is 3.62. The molecule has 0 spiro atoms. The van der Waals surface area contributed by atoms with Gasteiger partial charge in [0.05, 0.1) is 0 Å². The Kier molecular flexibility index (Phi) is 2.41. The molecule has 0 saturated heterocycles. The Morgan fingerprint density at radius 1 is 1.12 bits per heavy atom. The van der Waals surface area contributed by atoms with Gasteiger partial charge in [-0.05, 0) is 6.92 Å². The molecular formula is C10H7F3N2O. The van der Waals surface area contributed by atoms with Crippen LogP contribution in [0.2, 0.25) is 0 Å². The van der Waals surface area contributed by atoms with Crippen LogP contribution >= 0.6 is 0 Å². The standard InChI is InChI=1S/C10H7F3N2O/c1-6-2-4-7(5-3-6)8-14-9(16-15-8)10(11,12)13/h2-5H,1H3. The minimum absolute atomic E-state index is 0.0627. The lowest BCUT2D eigenvalue weighted by Crippen LogP contribution is -2.04. The van der Waals surface area contributed by atoms with E-state index < -0.39 is 12.1 Å². The van der Waals surface area contributed by atoms with Crippen LogP contribution in [0.1, 0.15) is 11.5 Å². The van der Waals surface area contributed by atoms with E-state index >= 15 is 0 Å². The van der Waals surface area contributed by atoms with Crippen molar-refractivity contribution in [2.24, 2.45) is 0 Å². The van der Waals surface area contributed by atoms with E-state index in [1.165, 1.54) is 0 Å². The number of alkyl halides is 3. The topological polar surface area (TPSA) is 38.9 Å². The normalized spacial score (nSPS) is 11.8. The van der Waals surface area contributed by atoms with Crippen LogP contribution in [-0.4, -0.2) is 10.1 Å². The van der Waals surface area contributed by atoms with E-state index in [2.05, 4.69) is 14.7 Å². The van der Waals surface area contributed by atoms with Gasteiger partial charge in [-0.15, -0.1) is 0 Å². The number of hydrogen-bond acceptors (Lipinski definition) is 3. The second-order valence-electron chi connectivity index (χ2n) is 3.29. The van der Waals surface area contributed by atoms with Crippen molar-refractivity contribution in [2.75, 3.05) is 0 Å². The van der Waals surface area contributed by atoms with Crippen molar-refractivity contribution in [1.82, 2.24) is 10.1 Å². The Morgan fingerprint density at radius 3 is 2.25 bits per heavy atom. The summed E-state index contributed by atoms with van der Waals surface area (Å²) in [4.78, 5) is 3.28. The average molecular weight is 228 g/mol. The van der Waals surface area contributed by atoms with Crippen LogP contribution in [0.5, 0.6) is 0 Å². The molecule has 84 valence electrons. The van der Waals surface area contributed by atoms with E-state index in [4.69, 9.17) is 0 Å². The quantitative estimate of drug-likeness (QED) is 0.752. The highest BCUT2D eigenvalue weighted by Crippen LogP contribution is 2.29. The third-order valence-electron chi connectivity index (χ3n) is 1.98. The van der Waals surface area contributed by atoms with Gasteiger partial charge in [0, 0.05) is 5.56 Å². The highest BCUT2D eigenvalue weighted by atomic mass is 19.4. The van der Waals surface area contributed by atoms with Crippen molar-refractivity contribution in [1.29, 1.82) is 0 Å². The number of aromatic nitrogens is 2. The lowest BCUT2D eigenvalue weighted by atomic mass is 10.1. The molecule has 3 nitrogen and oxygen atoms in total. The molecule has 6 heteroatoms. The zero-order valence-electron chi connectivity index (χ0n) is 8.25. The van der Waals surface area contributed by atoms with Crippen LogP contribution in [0.3, 0.4) is 0 Å². The molecule has 1 heterocycles. The molecule has 1 aromatic heterocycles. The number of aryl methyl sites for hydroxylation is 1. The average Bonchev–Trinajstić information content (AvgIpc) is 2.67. The first-order chi connectivity index (χ1) is 7.47. The third-order valence-corrected chi connectivity index (χ3v) is 1.98. The van der Waals surface area contributed by atoms with E-state index in [0.29, 0.717) is 5.56 Å². The fourth-order valence-electron chi connectivity index (χ4n) is 1.16. The summed E-state index contributed by atoms with van der Waals surface area (Å²) >= 11 is 0. The van der Waals surface area contributed by atoms with Gasteiger partial charge >= 0.3 is 12.1 Å². The van der Waals surface area contributed by atoms with Gasteiger partial charge in [-0.3, -0.25) is 0 Å². The first-order valence-electron chi connectivity index (χ1n) is 4.45. The molecule has 0 radical (unpaired) electrons. The molecule has 0 unspecified atom stereocenters. The summed E-state index contributed by atoms with van der Waals surface area (Å²) in [6, 6.07) is 6.80. The maximum Gasteiger partial charge on any atom is 0.471 e. The molecule has 0 atom stereocenters. The fourth-order valence-corrected chi connectivity index (χ4v) is 1.16. The van der Waals surface area contributed by atoms with Gasteiger partial charge in [0.25, 0.3) is 0 Å². The van der Waals surface area contributed by atoms with Gasteiger partial charge in [-0.25, -0.2) is 0 Å². The van der Waals surface area contributed by atoms with Crippen molar-refractivity contribution in [3.63, 3.8) is 0 Å². The van der Waals surface area contributed by atoms with Crippen LogP contribution in [0, 0.1) is 6.92 Å². The third kappa shape index (κ3) is 2.05. The lowest BCUT2D eigenvalue weighted by Gasteiger charge is -1.96. The Hall–Kier alpha value is -1.85. The molecule has 0 aliphatic carbocycles. The summed E-state index contributed by atoms with van der Waals surface area (Å²) in [6.07, 6.45) is -4.60. The predicted molar refractivity (Wildman–Crippen MR) is 49.5 cm³/mol. The van der Waals surface area contributed by atoms with E-state index in [-0.39, 0.29) is 5.82 Å². The first kappa shape index (κ1) is 10.7. The van der Waals surface area contributed by atoms with Gasteiger partial charge in [-0.2, -0.15) is 18.2 Å². The van der Waals surface area contributed by atoms with E-state index in [1.54, 1.807) is 24.3 Å². The van der Waals surface area contributed by atoms with Crippen molar-refractivity contribution in [3.8, 4) is 11.4 Å². The summed E-state index contributed by atoms with van der Waals surface area (Å²) < 4.78 is 40.7. The minimum Gasteiger partial charge on any atom is -0.329 e. The molecule has 2 aromatic rings. The Labute approximate surface area is 88.9 Å². The van der Waals surface area contributed by atoms with Gasteiger partial charge in [0.2, 0.25) is 5.82 Å². The SMILES string of the molecule is Cc1ccc(-c2noc(C(F)(F)F)n2)cc1. The van der Waals surface area contributed by atoms with Crippen molar-refractivity contribution >= 4 is 0 Å². The Balaban J connectivity index is 2.35. The van der Waals surface area contributed by atoms with Crippen molar-refractivity contribution < 1.29 is 17.7 Å². The predicted octanol–water partition coefficient (Wildman–Crippen LogP) is 3.06. The van der Waals surface area contributed by atoms with Crippen LogP contribution in [0.4, 0.5) is 13.2 Å². The maximum absolute atomic E-state index is 12.2.